The van der Waals surface area contributed by atoms with E-state index in [0.29, 0.717) is 5.92 Å². The molecule has 1 aromatic rings. The molecule has 2 aliphatic rings. The zero-order valence-corrected chi connectivity index (χ0v) is 10.6. The van der Waals surface area contributed by atoms with E-state index in [1.54, 1.807) is 0 Å². The molecule has 0 unspecified atom stereocenters. The maximum Gasteiger partial charge on any atom is 0.160 e. The van der Waals surface area contributed by atoms with Gasteiger partial charge in [0.2, 0.25) is 0 Å². The highest BCUT2D eigenvalue weighted by molar-refractivity contribution is 9.10. The number of sulfone groups is 1. The van der Waals surface area contributed by atoms with Crippen molar-refractivity contribution >= 4 is 25.8 Å². The lowest BCUT2D eigenvalue weighted by molar-refractivity contribution is 0.411. The van der Waals surface area contributed by atoms with E-state index in [4.69, 9.17) is 0 Å². The van der Waals surface area contributed by atoms with E-state index in [0.717, 1.165) is 15.7 Å². The number of fused-ring (bicyclic) bond motifs is 1. The Bertz CT molecular complexity index is 514. The minimum atomic E-state index is -2.88. The first-order valence-electron chi connectivity index (χ1n) is 5.16. The highest BCUT2D eigenvalue weighted by atomic mass is 79.9. The number of aromatic nitrogens is 1. The van der Waals surface area contributed by atoms with Crippen LogP contribution in [0.15, 0.2) is 4.47 Å². The van der Waals surface area contributed by atoms with Gasteiger partial charge in [0.1, 0.15) is 0 Å². The van der Waals surface area contributed by atoms with E-state index in [9.17, 15) is 8.42 Å². The molecule has 1 aromatic heterocycles. The zero-order chi connectivity index (χ0) is 10.6. The van der Waals surface area contributed by atoms with Crippen LogP contribution < -0.4 is 0 Å². The Morgan fingerprint density at radius 3 is 2.53 bits per heavy atom. The van der Waals surface area contributed by atoms with Crippen molar-refractivity contribution in [2.24, 2.45) is 0 Å². The predicted octanol–water partition coefficient (Wildman–Crippen LogP) is 2.47. The van der Waals surface area contributed by atoms with Crippen LogP contribution in [0, 0.1) is 0 Å². The number of aromatic amines is 1. The van der Waals surface area contributed by atoms with Gasteiger partial charge in [-0.1, -0.05) is 6.42 Å². The van der Waals surface area contributed by atoms with Crippen LogP contribution in [0.2, 0.25) is 0 Å². The smallest absolute Gasteiger partial charge is 0.160 e. The summed E-state index contributed by atoms with van der Waals surface area (Å²) < 4.78 is 23.9. The summed E-state index contributed by atoms with van der Waals surface area (Å²) in [6, 6.07) is 0. The van der Waals surface area contributed by atoms with Crippen LogP contribution in [0.25, 0.3) is 0 Å². The zero-order valence-electron chi connectivity index (χ0n) is 8.22. The summed E-state index contributed by atoms with van der Waals surface area (Å²) in [5.74, 6) is 1.01. The van der Waals surface area contributed by atoms with Crippen LogP contribution in [0.5, 0.6) is 0 Å². The number of H-pyrrole nitrogens is 1. The van der Waals surface area contributed by atoms with Crippen molar-refractivity contribution in [1.29, 1.82) is 0 Å². The highest BCUT2D eigenvalue weighted by Crippen LogP contribution is 2.43. The number of halogens is 1. The minimum absolute atomic E-state index is 0.188. The molecule has 1 aliphatic carbocycles. The lowest BCUT2D eigenvalue weighted by Gasteiger charge is -2.25. The Morgan fingerprint density at radius 1 is 1.27 bits per heavy atom. The van der Waals surface area contributed by atoms with Gasteiger partial charge in [0, 0.05) is 27.3 Å². The molecule has 0 aromatic carbocycles. The maximum atomic E-state index is 11.4. The largest absolute Gasteiger partial charge is 0.360 e. The summed E-state index contributed by atoms with van der Waals surface area (Å²) in [6.07, 6.45) is 3.74. The standard InChI is InChI=1S/C10H12BrNO2S/c11-9-7-4-15(13,14)5-8(7)12-10(9)6-2-1-3-6/h6,12H,1-5H2. The van der Waals surface area contributed by atoms with E-state index in [1.807, 2.05) is 0 Å². The molecule has 15 heavy (non-hydrogen) atoms. The summed E-state index contributed by atoms with van der Waals surface area (Å²) in [5, 5.41) is 0. The molecular weight excluding hydrogens is 278 g/mol. The van der Waals surface area contributed by atoms with Gasteiger partial charge in [0.25, 0.3) is 0 Å². The molecule has 0 radical (unpaired) electrons. The Kier molecular flexibility index (Phi) is 2.05. The van der Waals surface area contributed by atoms with Crippen LogP contribution >= 0.6 is 15.9 Å². The summed E-state index contributed by atoms with van der Waals surface area (Å²) in [5.41, 5.74) is 3.10. The molecule has 0 bridgehead atoms. The van der Waals surface area contributed by atoms with Crippen molar-refractivity contribution in [3.05, 3.63) is 21.4 Å². The Hall–Kier alpha value is -0.290. The molecule has 1 N–H and O–H groups in total. The van der Waals surface area contributed by atoms with E-state index >= 15 is 0 Å². The SMILES string of the molecule is O=S1(=O)Cc2[nH]c(C3CCC3)c(Br)c2C1. The first-order valence-corrected chi connectivity index (χ1v) is 7.78. The molecule has 1 aliphatic heterocycles. The molecule has 0 saturated heterocycles. The van der Waals surface area contributed by atoms with E-state index < -0.39 is 9.84 Å². The van der Waals surface area contributed by atoms with Crippen molar-refractivity contribution in [3.63, 3.8) is 0 Å². The highest BCUT2D eigenvalue weighted by Gasteiger charge is 2.33. The third-order valence-corrected chi connectivity index (χ3v) is 5.76. The van der Waals surface area contributed by atoms with Gasteiger partial charge >= 0.3 is 0 Å². The quantitative estimate of drug-likeness (QED) is 0.863. The first kappa shape index (κ1) is 9.90. The van der Waals surface area contributed by atoms with Crippen molar-refractivity contribution in [2.75, 3.05) is 0 Å². The van der Waals surface area contributed by atoms with E-state index in [1.165, 1.54) is 25.0 Å². The molecule has 5 heteroatoms. The third kappa shape index (κ3) is 1.47. The molecular formula is C10H12BrNO2S. The van der Waals surface area contributed by atoms with Crippen LogP contribution in [0.1, 0.15) is 42.1 Å². The second kappa shape index (κ2) is 3.10. The molecule has 3 rings (SSSR count). The van der Waals surface area contributed by atoms with Crippen molar-refractivity contribution < 1.29 is 8.42 Å². The van der Waals surface area contributed by atoms with Crippen LogP contribution in [0.3, 0.4) is 0 Å². The molecule has 1 fully saturated rings. The van der Waals surface area contributed by atoms with Crippen LogP contribution in [-0.2, 0) is 21.3 Å². The van der Waals surface area contributed by atoms with Crippen LogP contribution in [-0.4, -0.2) is 13.4 Å². The molecule has 0 amide bonds. The second-order valence-corrected chi connectivity index (χ2v) is 7.33. The Balaban J connectivity index is 2.03. The summed E-state index contributed by atoms with van der Waals surface area (Å²) in [6.45, 7) is 0. The fraction of sp³-hybridized carbons (Fsp3) is 0.600. The van der Waals surface area contributed by atoms with Gasteiger partial charge in [0.05, 0.1) is 11.5 Å². The fourth-order valence-corrected chi connectivity index (χ4v) is 4.87. The van der Waals surface area contributed by atoms with Crippen LogP contribution in [0.4, 0.5) is 0 Å². The van der Waals surface area contributed by atoms with Gasteiger partial charge < -0.3 is 4.98 Å². The Labute approximate surface area is 97.3 Å². The molecule has 2 heterocycles. The van der Waals surface area contributed by atoms with Gasteiger partial charge in [-0.05, 0) is 28.8 Å². The van der Waals surface area contributed by atoms with E-state index in [-0.39, 0.29) is 11.5 Å². The van der Waals surface area contributed by atoms with Gasteiger partial charge in [-0.2, -0.15) is 0 Å². The Morgan fingerprint density at radius 2 is 2.00 bits per heavy atom. The van der Waals surface area contributed by atoms with Gasteiger partial charge in [-0.25, -0.2) is 8.42 Å². The van der Waals surface area contributed by atoms with Gasteiger partial charge in [-0.15, -0.1) is 0 Å². The first-order chi connectivity index (χ1) is 7.07. The molecule has 0 spiro atoms. The van der Waals surface area contributed by atoms with Gasteiger partial charge in [0.15, 0.2) is 9.84 Å². The maximum absolute atomic E-state index is 11.4. The predicted molar refractivity (Wildman–Crippen MR) is 61.4 cm³/mol. The lowest BCUT2D eigenvalue weighted by Crippen LogP contribution is -2.10. The number of hydrogen-bond donors (Lipinski definition) is 1. The summed E-state index contributed by atoms with van der Waals surface area (Å²) in [7, 11) is -2.88. The molecule has 82 valence electrons. The van der Waals surface area contributed by atoms with Crippen molar-refractivity contribution in [1.82, 2.24) is 4.98 Å². The average molecular weight is 290 g/mol. The fourth-order valence-electron chi connectivity index (χ4n) is 2.33. The average Bonchev–Trinajstić information content (AvgIpc) is 2.46. The summed E-state index contributed by atoms with van der Waals surface area (Å²) >= 11 is 3.53. The third-order valence-electron chi connectivity index (χ3n) is 3.39. The number of rotatable bonds is 1. The molecule has 1 saturated carbocycles. The van der Waals surface area contributed by atoms with E-state index in [2.05, 4.69) is 20.9 Å². The summed E-state index contributed by atoms with van der Waals surface area (Å²) in [4.78, 5) is 3.29. The molecule has 3 nitrogen and oxygen atoms in total. The normalized spacial score (nSPS) is 23.8. The van der Waals surface area contributed by atoms with Crippen molar-refractivity contribution in [3.8, 4) is 0 Å². The van der Waals surface area contributed by atoms with Gasteiger partial charge in [-0.3, -0.25) is 0 Å². The second-order valence-electron chi connectivity index (χ2n) is 4.47. The number of nitrogens with one attached hydrogen (secondary N) is 1. The topological polar surface area (TPSA) is 49.9 Å². The number of hydrogen-bond acceptors (Lipinski definition) is 2. The lowest BCUT2D eigenvalue weighted by atomic mass is 9.83. The monoisotopic (exact) mass is 289 g/mol. The van der Waals surface area contributed by atoms with Crippen molar-refractivity contribution in [2.45, 2.75) is 36.7 Å². The molecule has 0 atom stereocenters. The minimum Gasteiger partial charge on any atom is -0.360 e.